The lowest BCUT2D eigenvalue weighted by molar-refractivity contribution is 0.602. The van der Waals surface area contributed by atoms with E-state index in [2.05, 4.69) is 31.2 Å². The third-order valence-electron chi connectivity index (χ3n) is 3.38. The minimum absolute atomic E-state index is 0.490. The van der Waals surface area contributed by atoms with E-state index in [1.807, 2.05) is 31.2 Å². The van der Waals surface area contributed by atoms with Crippen molar-refractivity contribution in [3.05, 3.63) is 70.2 Å². The van der Waals surface area contributed by atoms with Gasteiger partial charge in [-0.3, -0.25) is 0 Å². The molecule has 0 spiro atoms. The molecule has 2 heteroatoms. The van der Waals surface area contributed by atoms with Crippen molar-refractivity contribution >= 4 is 11.6 Å². The molecule has 0 bridgehead atoms. The summed E-state index contributed by atoms with van der Waals surface area (Å²) in [5.74, 6) is 0. The highest BCUT2D eigenvalue weighted by atomic mass is 35.5. The number of hydrogen-bond donors (Lipinski definition) is 1. The Kier molecular flexibility index (Phi) is 3.74. The molecule has 2 N–H and O–H groups in total. The van der Waals surface area contributed by atoms with Gasteiger partial charge < -0.3 is 5.73 Å². The van der Waals surface area contributed by atoms with Crippen LogP contribution in [0.25, 0.3) is 0 Å². The Morgan fingerprint density at radius 2 is 1.72 bits per heavy atom. The zero-order valence-corrected chi connectivity index (χ0v) is 11.5. The number of nitrogens with two attached hydrogens (primary N) is 1. The predicted octanol–water partition coefficient (Wildman–Crippen LogP) is 4.12. The van der Waals surface area contributed by atoms with Crippen LogP contribution in [0.1, 0.15) is 30.5 Å². The van der Waals surface area contributed by atoms with Crippen molar-refractivity contribution in [2.75, 3.05) is 0 Å². The molecule has 0 amide bonds. The van der Waals surface area contributed by atoms with Gasteiger partial charge in [-0.25, -0.2) is 0 Å². The fraction of sp³-hybridized carbons (Fsp3) is 0.250. The van der Waals surface area contributed by atoms with Crippen LogP contribution in [0.3, 0.4) is 0 Å². The van der Waals surface area contributed by atoms with E-state index in [0.29, 0.717) is 0 Å². The van der Waals surface area contributed by atoms with Crippen LogP contribution in [-0.2, 0) is 12.0 Å². The van der Waals surface area contributed by atoms with Crippen LogP contribution in [0.5, 0.6) is 0 Å². The van der Waals surface area contributed by atoms with Crippen molar-refractivity contribution in [3.63, 3.8) is 0 Å². The van der Waals surface area contributed by atoms with Gasteiger partial charge in [0.05, 0.1) is 5.54 Å². The van der Waals surface area contributed by atoms with E-state index in [0.717, 1.165) is 22.6 Å². The molecule has 0 aromatic heterocycles. The first-order chi connectivity index (χ1) is 8.54. The molecule has 0 heterocycles. The fourth-order valence-electron chi connectivity index (χ4n) is 2.08. The third-order valence-corrected chi connectivity index (χ3v) is 3.63. The topological polar surface area (TPSA) is 26.0 Å². The van der Waals surface area contributed by atoms with Crippen LogP contribution in [0.2, 0.25) is 5.02 Å². The lowest BCUT2D eigenvalue weighted by Crippen LogP contribution is -2.34. The second kappa shape index (κ2) is 5.13. The Balaban J connectivity index is 2.43. The Morgan fingerprint density at radius 1 is 1.06 bits per heavy atom. The highest BCUT2D eigenvalue weighted by Gasteiger charge is 2.23. The second-order valence-corrected chi connectivity index (χ2v) is 5.20. The molecule has 1 atom stereocenters. The molecule has 94 valence electrons. The van der Waals surface area contributed by atoms with E-state index in [1.165, 1.54) is 5.56 Å². The third kappa shape index (κ3) is 2.58. The average Bonchev–Trinajstić information content (AvgIpc) is 2.39. The number of benzene rings is 2. The summed E-state index contributed by atoms with van der Waals surface area (Å²) in [6.07, 6.45) is 1.02. The van der Waals surface area contributed by atoms with Crippen molar-refractivity contribution in [2.24, 2.45) is 5.73 Å². The number of halogens is 1. The van der Waals surface area contributed by atoms with Gasteiger partial charge in [0.25, 0.3) is 0 Å². The summed E-state index contributed by atoms with van der Waals surface area (Å²) in [4.78, 5) is 0. The molecule has 0 aliphatic rings. The van der Waals surface area contributed by atoms with E-state index in [4.69, 9.17) is 17.3 Å². The molecule has 2 aromatic carbocycles. The number of hydrogen-bond acceptors (Lipinski definition) is 1. The van der Waals surface area contributed by atoms with E-state index in [-0.39, 0.29) is 0 Å². The maximum absolute atomic E-state index is 6.49. The van der Waals surface area contributed by atoms with Crippen molar-refractivity contribution in [2.45, 2.75) is 25.8 Å². The number of aryl methyl sites for hydroxylation is 1. The summed E-state index contributed by atoms with van der Waals surface area (Å²) in [5, 5.41) is 0.733. The SMILES string of the molecule is CCc1cccc(C(C)(N)c2ccc(Cl)cc2)c1. The molecule has 1 unspecified atom stereocenters. The molecule has 0 saturated heterocycles. The fourth-order valence-corrected chi connectivity index (χ4v) is 2.20. The Labute approximate surface area is 114 Å². The van der Waals surface area contributed by atoms with Gasteiger partial charge in [0.15, 0.2) is 0 Å². The minimum Gasteiger partial charge on any atom is -0.318 e. The van der Waals surface area contributed by atoms with Crippen molar-refractivity contribution in [3.8, 4) is 0 Å². The van der Waals surface area contributed by atoms with Gasteiger partial charge in [0.2, 0.25) is 0 Å². The molecular formula is C16H18ClN. The molecule has 1 nitrogen and oxygen atoms in total. The lowest BCUT2D eigenvalue weighted by atomic mass is 9.85. The van der Waals surface area contributed by atoms with Crippen LogP contribution in [-0.4, -0.2) is 0 Å². The van der Waals surface area contributed by atoms with Crippen LogP contribution < -0.4 is 5.73 Å². The van der Waals surface area contributed by atoms with Crippen molar-refractivity contribution in [1.82, 2.24) is 0 Å². The van der Waals surface area contributed by atoms with Crippen LogP contribution in [0.4, 0.5) is 0 Å². The molecule has 0 aliphatic heterocycles. The predicted molar refractivity (Wildman–Crippen MR) is 77.9 cm³/mol. The first-order valence-electron chi connectivity index (χ1n) is 6.18. The van der Waals surface area contributed by atoms with Crippen LogP contribution >= 0.6 is 11.6 Å². The monoisotopic (exact) mass is 259 g/mol. The second-order valence-electron chi connectivity index (χ2n) is 4.76. The van der Waals surface area contributed by atoms with Crippen LogP contribution in [0, 0.1) is 0 Å². The zero-order valence-electron chi connectivity index (χ0n) is 10.8. The highest BCUT2D eigenvalue weighted by Crippen LogP contribution is 2.28. The van der Waals surface area contributed by atoms with E-state index in [1.54, 1.807) is 0 Å². The van der Waals surface area contributed by atoms with Gasteiger partial charge in [0.1, 0.15) is 0 Å². The summed E-state index contributed by atoms with van der Waals surface area (Å²) in [7, 11) is 0. The van der Waals surface area contributed by atoms with Crippen molar-refractivity contribution in [1.29, 1.82) is 0 Å². The van der Waals surface area contributed by atoms with Gasteiger partial charge in [-0.15, -0.1) is 0 Å². The van der Waals surface area contributed by atoms with Gasteiger partial charge in [0, 0.05) is 5.02 Å². The van der Waals surface area contributed by atoms with Crippen LogP contribution in [0.15, 0.2) is 48.5 Å². The molecule has 2 aromatic rings. The zero-order chi connectivity index (χ0) is 13.2. The Hall–Kier alpha value is -1.31. The summed E-state index contributed by atoms with van der Waals surface area (Å²) >= 11 is 5.91. The van der Waals surface area contributed by atoms with Gasteiger partial charge in [-0.1, -0.05) is 54.9 Å². The van der Waals surface area contributed by atoms with E-state index >= 15 is 0 Å². The summed E-state index contributed by atoms with van der Waals surface area (Å²) in [5.41, 5.74) is 9.50. The molecule has 2 rings (SSSR count). The molecule has 0 aliphatic carbocycles. The number of rotatable bonds is 3. The summed E-state index contributed by atoms with van der Waals surface area (Å²) in [6.45, 7) is 4.18. The van der Waals surface area contributed by atoms with Crippen molar-refractivity contribution < 1.29 is 0 Å². The Morgan fingerprint density at radius 3 is 2.33 bits per heavy atom. The maximum Gasteiger partial charge on any atom is 0.0637 e. The van der Waals surface area contributed by atoms with Gasteiger partial charge in [-0.05, 0) is 42.2 Å². The maximum atomic E-state index is 6.49. The van der Waals surface area contributed by atoms with E-state index in [9.17, 15) is 0 Å². The first-order valence-corrected chi connectivity index (χ1v) is 6.56. The molecule has 0 fully saturated rings. The summed E-state index contributed by atoms with van der Waals surface area (Å²) in [6, 6.07) is 16.2. The molecular weight excluding hydrogens is 242 g/mol. The van der Waals surface area contributed by atoms with E-state index < -0.39 is 5.54 Å². The Bertz CT molecular complexity index is 529. The van der Waals surface area contributed by atoms with Gasteiger partial charge in [-0.2, -0.15) is 0 Å². The minimum atomic E-state index is -0.490. The first kappa shape index (κ1) is 13.1. The van der Waals surface area contributed by atoms with Gasteiger partial charge >= 0.3 is 0 Å². The average molecular weight is 260 g/mol. The quantitative estimate of drug-likeness (QED) is 0.882. The standard InChI is InChI=1S/C16H18ClN/c1-3-12-5-4-6-14(11-12)16(2,18)13-7-9-15(17)10-8-13/h4-11H,3,18H2,1-2H3. The molecule has 0 radical (unpaired) electrons. The lowest BCUT2D eigenvalue weighted by Gasteiger charge is -2.26. The molecule has 0 saturated carbocycles. The smallest absolute Gasteiger partial charge is 0.0637 e. The highest BCUT2D eigenvalue weighted by molar-refractivity contribution is 6.30. The molecule has 18 heavy (non-hydrogen) atoms. The largest absolute Gasteiger partial charge is 0.318 e. The normalized spacial score (nSPS) is 14.2. The summed E-state index contributed by atoms with van der Waals surface area (Å²) < 4.78 is 0.